The molecule has 4 nitrogen and oxygen atoms in total. The summed E-state index contributed by atoms with van der Waals surface area (Å²) < 4.78 is 0. The summed E-state index contributed by atoms with van der Waals surface area (Å²) in [5, 5.41) is 9.44. The smallest absolute Gasteiger partial charge is 0.309 e. The molecule has 0 bridgehead atoms. The lowest BCUT2D eigenvalue weighted by molar-refractivity contribution is -0.156. The first-order chi connectivity index (χ1) is 8.22. The van der Waals surface area contributed by atoms with Crippen LogP contribution in [0.2, 0.25) is 0 Å². The molecule has 104 valence electrons. The Morgan fingerprint density at radius 2 is 1.72 bits per heavy atom. The lowest BCUT2D eigenvalue weighted by Crippen LogP contribution is -2.46. The van der Waals surface area contributed by atoms with E-state index in [0.29, 0.717) is 25.9 Å². The van der Waals surface area contributed by atoms with Crippen molar-refractivity contribution in [3.8, 4) is 0 Å². The summed E-state index contributed by atoms with van der Waals surface area (Å²) in [5.74, 6) is -0.865. The molecule has 1 aliphatic carbocycles. The van der Waals surface area contributed by atoms with E-state index in [1.807, 2.05) is 27.7 Å². The summed E-state index contributed by atoms with van der Waals surface area (Å²) in [6.07, 6.45) is 1.25. The summed E-state index contributed by atoms with van der Waals surface area (Å²) in [6, 6.07) is 0. The molecule has 1 aliphatic rings. The van der Waals surface area contributed by atoms with E-state index in [2.05, 4.69) is 0 Å². The first-order valence-corrected chi connectivity index (χ1v) is 6.74. The molecule has 0 aromatic heterocycles. The summed E-state index contributed by atoms with van der Waals surface area (Å²) in [7, 11) is 0. The van der Waals surface area contributed by atoms with Crippen LogP contribution in [0.4, 0.5) is 0 Å². The second-order valence-corrected chi connectivity index (χ2v) is 5.96. The van der Waals surface area contributed by atoms with E-state index >= 15 is 0 Å². The molecule has 1 saturated carbocycles. The van der Waals surface area contributed by atoms with Crippen LogP contribution in [0.5, 0.6) is 0 Å². The van der Waals surface area contributed by atoms with Gasteiger partial charge in [-0.3, -0.25) is 9.59 Å². The van der Waals surface area contributed by atoms with Gasteiger partial charge in [-0.1, -0.05) is 13.8 Å². The molecule has 1 fully saturated rings. The number of amides is 1. The molecule has 0 saturated heterocycles. The monoisotopic (exact) mass is 255 g/mol. The lowest BCUT2D eigenvalue weighted by Gasteiger charge is -2.39. The van der Waals surface area contributed by atoms with Crippen LogP contribution in [0.15, 0.2) is 0 Å². The minimum atomic E-state index is -0.805. The Kier molecular flexibility index (Phi) is 4.08. The van der Waals surface area contributed by atoms with E-state index < -0.39 is 16.8 Å². The summed E-state index contributed by atoms with van der Waals surface area (Å²) >= 11 is 0. The molecule has 0 aromatic rings. The molecule has 2 atom stereocenters. The number of carboxylic acid groups (broad SMARTS) is 1. The number of hydrogen-bond acceptors (Lipinski definition) is 2. The van der Waals surface area contributed by atoms with E-state index in [9.17, 15) is 14.7 Å². The van der Waals surface area contributed by atoms with Gasteiger partial charge in [0.25, 0.3) is 0 Å². The molecule has 18 heavy (non-hydrogen) atoms. The number of carboxylic acids is 1. The average molecular weight is 255 g/mol. The molecule has 1 N–H and O–H groups in total. The van der Waals surface area contributed by atoms with Crippen LogP contribution >= 0.6 is 0 Å². The third-order valence-corrected chi connectivity index (χ3v) is 5.07. The Hall–Kier alpha value is -1.06. The van der Waals surface area contributed by atoms with Gasteiger partial charge in [-0.05, 0) is 39.0 Å². The second kappa shape index (κ2) is 4.90. The highest BCUT2D eigenvalue weighted by Crippen LogP contribution is 2.56. The molecule has 1 rings (SSSR count). The van der Waals surface area contributed by atoms with Gasteiger partial charge in [0, 0.05) is 19.0 Å². The van der Waals surface area contributed by atoms with Crippen LogP contribution in [0, 0.1) is 16.7 Å². The lowest BCUT2D eigenvalue weighted by atomic mass is 9.65. The molecule has 0 aliphatic heterocycles. The zero-order valence-electron chi connectivity index (χ0n) is 12.1. The van der Waals surface area contributed by atoms with Crippen molar-refractivity contribution in [2.24, 2.45) is 16.7 Å². The fraction of sp³-hybridized carbons (Fsp3) is 0.857. The van der Waals surface area contributed by atoms with Crippen LogP contribution in [0.25, 0.3) is 0 Å². The van der Waals surface area contributed by atoms with Gasteiger partial charge in [0.1, 0.15) is 0 Å². The first-order valence-electron chi connectivity index (χ1n) is 6.74. The number of carbonyl (C=O) groups is 2. The van der Waals surface area contributed by atoms with Gasteiger partial charge in [-0.15, -0.1) is 0 Å². The van der Waals surface area contributed by atoms with Crippen molar-refractivity contribution < 1.29 is 14.7 Å². The van der Waals surface area contributed by atoms with Crippen molar-refractivity contribution in [2.75, 3.05) is 13.1 Å². The van der Waals surface area contributed by atoms with Gasteiger partial charge in [0.2, 0.25) is 5.91 Å². The van der Waals surface area contributed by atoms with E-state index in [1.165, 1.54) is 0 Å². The van der Waals surface area contributed by atoms with Crippen LogP contribution in [0.1, 0.15) is 47.5 Å². The highest BCUT2D eigenvalue weighted by molar-refractivity contribution is 5.84. The average Bonchev–Trinajstić information content (AvgIpc) is 2.53. The number of hydrogen-bond donors (Lipinski definition) is 1. The topological polar surface area (TPSA) is 57.6 Å². The van der Waals surface area contributed by atoms with Gasteiger partial charge in [0.15, 0.2) is 0 Å². The predicted octanol–water partition coefficient (Wildman–Crippen LogP) is 2.38. The van der Waals surface area contributed by atoms with Gasteiger partial charge >= 0.3 is 5.97 Å². The Bertz CT molecular complexity index is 347. The molecular formula is C14H25NO3. The van der Waals surface area contributed by atoms with E-state index in [0.717, 1.165) is 0 Å². The van der Waals surface area contributed by atoms with Crippen molar-refractivity contribution in [3.63, 3.8) is 0 Å². The third kappa shape index (κ3) is 2.02. The minimum absolute atomic E-state index is 0.106. The first kappa shape index (κ1) is 15.0. The SMILES string of the molecule is CCN(CC)C(=O)[C@H]1CC[C@@](C)(C(=O)O)C1(C)C. The molecule has 0 spiro atoms. The van der Waals surface area contributed by atoms with Crippen molar-refractivity contribution in [1.29, 1.82) is 0 Å². The van der Waals surface area contributed by atoms with Crippen molar-refractivity contribution >= 4 is 11.9 Å². The van der Waals surface area contributed by atoms with Crippen LogP contribution in [0.3, 0.4) is 0 Å². The van der Waals surface area contributed by atoms with Gasteiger partial charge < -0.3 is 10.0 Å². The predicted molar refractivity (Wildman–Crippen MR) is 70.2 cm³/mol. The van der Waals surface area contributed by atoms with Crippen LogP contribution in [-0.4, -0.2) is 35.0 Å². The van der Waals surface area contributed by atoms with Crippen molar-refractivity contribution in [2.45, 2.75) is 47.5 Å². The Morgan fingerprint density at radius 3 is 2.06 bits per heavy atom. The maximum absolute atomic E-state index is 12.5. The van der Waals surface area contributed by atoms with Gasteiger partial charge in [-0.2, -0.15) is 0 Å². The van der Waals surface area contributed by atoms with Crippen molar-refractivity contribution in [1.82, 2.24) is 4.90 Å². The summed E-state index contributed by atoms with van der Waals surface area (Å²) in [5.41, 5.74) is -1.31. The molecule has 0 aromatic carbocycles. The zero-order chi connectivity index (χ0) is 14.1. The summed E-state index contributed by atoms with van der Waals surface area (Å²) in [6.45, 7) is 10.9. The number of nitrogens with zero attached hydrogens (tertiary/aromatic N) is 1. The van der Waals surface area contributed by atoms with Crippen LogP contribution < -0.4 is 0 Å². The maximum Gasteiger partial charge on any atom is 0.309 e. The maximum atomic E-state index is 12.5. The highest BCUT2D eigenvalue weighted by atomic mass is 16.4. The number of carbonyl (C=O) groups excluding carboxylic acids is 1. The molecule has 1 amide bonds. The van der Waals surface area contributed by atoms with E-state index in [-0.39, 0.29) is 11.8 Å². The van der Waals surface area contributed by atoms with Crippen molar-refractivity contribution in [3.05, 3.63) is 0 Å². The largest absolute Gasteiger partial charge is 0.481 e. The molecule has 0 heterocycles. The highest BCUT2D eigenvalue weighted by Gasteiger charge is 2.58. The fourth-order valence-corrected chi connectivity index (χ4v) is 3.07. The quantitative estimate of drug-likeness (QED) is 0.839. The van der Waals surface area contributed by atoms with E-state index in [1.54, 1.807) is 11.8 Å². The second-order valence-electron chi connectivity index (χ2n) is 5.96. The Balaban J connectivity index is 3.02. The number of rotatable bonds is 4. The fourth-order valence-electron chi connectivity index (χ4n) is 3.07. The molecule has 0 radical (unpaired) electrons. The molecular weight excluding hydrogens is 230 g/mol. The summed E-state index contributed by atoms with van der Waals surface area (Å²) in [4.78, 5) is 25.8. The number of aliphatic carboxylic acids is 1. The van der Waals surface area contributed by atoms with Gasteiger partial charge in [0.05, 0.1) is 5.41 Å². The Labute approximate surface area is 109 Å². The minimum Gasteiger partial charge on any atom is -0.481 e. The normalized spacial score (nSPS) is 30.2. The zero-order valence-corrected chi connectivity index (χ0v) is 12.1. The van der Waals surface area contributed by atoms with Crippen LogP contribution in [-0.2, 0) is 9.59 Å². The van der Waals surface area contributed by atoms with Gasteiger partial charge in [-0.25, -0.2) is 0 Å². The molecule has 4 heteroatoms. The molecule has 0 unspecified atom stereocenters. The standard InChI is InChI=1S/C14H25NO3/c1-6-15(7-2)11(16)10-8-9-14(5,12(17)18)13(10,3)4/h10H,6-9H2,1-5H3,(H,17,18)/t10-,14+/m1/s1. The third-order valence-electron chi connectivity index (χ3n) is 5.07. The van der Waals surface area contributed by atoms with E-state index in [4.69, 9.17) is 0 Å². The Morgan fingerprint density at radius 1 is 1.22 bits per heavy atom.